The van der Waals surface area contributed by atoms with Gasteiger partial charge in [-0.1, -0.05) is 0 Å². The maximum atomic E-state index is 9.44. The zero-order valence-electron chi connectivity index (χ0n) is 4.24. The van der Waals surface area contributed by atoms with Crippen molar-refractivity contribution in [1.82, 2.24) is 0 Å². The van der Waals surface area contributed by atoms with E-state index in [0.717, 1.165) is 0 Å². The first kappa shape index (κ1) is 12.2. The molecular weight excluding hydrogens is 173 g/mol. The molecule has 0 aliphatic heterocycles. The first-order chi connectivity index (χ1) is 3.13. The molecule has 0 N–H and O–H groups in total. The van der Waals surface area contributed by atoms with Gasteiger partial charge in [-0.2, -0.15) is 0 Å². The van der Waals surface area contributed by atoms with Crippen LogP contribution in [-0.2, 0) is 0 Å². The fourth-order valence-electron chi connectivity index (χ4n) is 0.0943. The molecule has 0 aromatic heterocycles. The molecule has 0 atom stereocenters. The van der Waals surface area contributed by atoms with Gasteiger partial charge in [0.15, 0.2) is 0 Å². The first-order valence-corrected chi connectivity index (χ1v) is 2.25. The van der Waals surface area contributed by atoms with Gasteiger partial charge < -0.3 is 0 Å². The van der Waals surface area contributed by atoms with Crippen LogP contribution in [0.2, 0.25) is 0 Å². The van der Waals surface area contributed by atoms with E-state index in [1.165, 1.54) is 0 Å². The number of thiol groups is 2. The Balaban J connectivity index is 0. The summed E-state index contributed by atoms with van der Waals surface area (Å²) >= 11 is 7.04. The van der Waals surface area contributed by atoms with Gasteiger partial charge in [0.1, 0.15) is 4.24 Å². The summed E-state index contributed by atoms with van der Waals surface area (Å²) in [5.41, 5.74) is 0. The molecule has 0 heterocycles. The van der Waals surface area contributed by atoms with Crippen LogP contribution in [0.5, 0.6) is 0 Å². The fourth-order valence-corrected chi connectivity index (χ4v) is 0.283. The topological polar surface area (TPSA) is 43.1 Å². The summed E-state index contributed by atoms with van der Waals surface area (Å²) in [4.78, 5) is 8.83. The fraction of sp³-hybridized carbons (Fsp3) is 0. The smallest absolute Gasteiger partial charge is 0.259 e. The summed E-state index contributed by atoms with van der Waals surface area (Å²) in [6.07, 6.45) is 0.701. The zero-order valence-corrected chi connectivity index (χ0v) is 9.15. The molecule has 0 bridgehead atoms. The van der Waals surface area contributed by atoms with Crippen molar-refractivity contribution in [3.8, 4) is 0 Å². The van der Waals surface area contributed by atoms with E-state index in [-0.39, 0.29) is 55.6 Å². The molecule has 40 valence electrons. The largest absolute Gasteiger partial charge is 1.00 e. The van der Waals surface area contributed by atoms with E-state index in [2.05, 4.69) is 25.3 Å². The minimum atomic E-state index is -0.616. The van der Waals surface area contributed by atoms with Crippen molar-refractivity contribution >= 4 is 25.3 Å². The van der Waals surface area contributed by atoms with Crippen LogP contribution < -0.4 is 51.4 Å². The Morgan fingerprint density at radius 2 is 2.00 bits per heavy atom. The van der Waals surface area contributed by atoms with Gasteiger partial charge in [-0.25, -0.2) is 0 Å². The van der Waals surface area contributed by atoms with Crippen LogP contribution in [0.15, 0.2) is 10.4 Å². The Labute approximate surface area is 100 Å². The second kappa shape index (κ2) is 6.59. The maximum absolute atomic E-state index is 9.44. The quantitative estimate of drug-likeness (QED) is 0.208. The molecule has 8 heavy (non-hydrogen) atoms. The van der Waals surface area contributed by atoms with Crippen molar-refractivity contribution in [2.24, 2.45) is 0 Å². The van der Waals surface area contributed by atoms with Gasteiger partial charge in [0, 0.05) is 0 Å². The molecular formula is C2H3KNO2S2+. The molecule has 0 fully saturated rings. The van der Waals surface area contributed by atoms with Crippen LogP contribution >= 0.6 is 25.3 Å². The number of rotatable bonds is 1. The predicted molar refractivity (Wildman–Crippen MR) is 33.0 cm³/mol. The van der Waals surface area contributed by atoms with Gasteiger partial charge in [-0.05, 0) is 0 Å². The Kier molecular flexibility index (Phi) is 10.0. The van der Waals surface area contributed by atoms with Crippen LogP contribution in [0.1, 0.15) is 0 Å². The number of hydrogen-bond acceptors (Lipinski definition) is 4. The van der Waals surface area contributed by atoms with E-state index in [1.54, 1.807) is 0 Å². The third kappa shape index (κ3) is 10.5. The van der Waals surface area contributed by atoms with Crippen molar-refractivity contribution in [2.45, 2.75) is 0 Å². The second-order valence-electron chi connectivity index (χ2n) is 0.773. The molecule has 3 nitrogen and oxygen atoms in total. The minimum Gasteiger partial charge on any atom is -0.259 e. The molecule has 0 rings (SSSR count). The average molecular weight is 176 g/mol. The molecule has 0 aliphatic carbocycles. The molecule has 0 saturated carbocycles. The number of hydrogen-bond donors (Lipinski definition) is 2. The molecule has 0 aliphatic rings. The molecule has 0 spiro atoms. The molecule has 6 heteroatoms. The standard InChI is InChI=1S/C2H3NO2S2.K/c4-3(5)1-2(6)7;/h1,6-7H;/q;+1. The summed E-state index contributed by atoms with van der Waals surface area (Å²) < 4.78 is 0.102. The minimum absolute atomic E-state index is 0. The Bertz CT molecular complexity index is 111. The SMILES string of the molecule is O=[N+]([O-])C=C(S)S.[K+]. The van der Waals surface area contributed by atoms with Gasteiger partial charge in [-0.15, -0.1) is 25.3 Å². The van der Waals surface area contributed by atoms with Crippen LogP contribution in [-0.4, -0.2) is 4.92 Å². The number of nitro groups is 1. The molecule has 0 aromatic carbocycles. The van der Waals surface area contributed by atoms with Crippen molar-refractivity contribution in [2.75, 3.05) is 0 Å². The monoisotopic (exact) mass is 176 g/mol. The van der Waals surface area contributed by atoms with E-state index < -0.39 is 4.92 Å². The van der Waals surface area contributed by atoms with Gasteiger partial charge in [0.05, 0.1) is 4.92 Å². The summed E-state index contributed by atoms with van der Waals surface area (Å²) in [5, 5.41) is 9.44. The summed E-state index contributed by atoms with van der Waals surface area (Å²) in [6, 6.07) is 0. The van der Waals surface area contributed by atoms with E-state index in [9.17, 15) is 10.1 Å². The van der Waals surface area contributed by atoms with Crippen molar-refractivity contribution in [1.29, 1.82) is 0 Å². The van der Waals surface area contributed by atoms with Crippen LogP contribution in [0.3, 0.4) is 0 Å². The van der Waals surface area contributed by atoms with Crippen molar-refractivity contribution in [3.63, 3.8) is 0 Å². The Morgan fingerprint density at radius 3 is 2.00 bits per heavy atom. The Hall–Kier alpha value is 1.48. The normalized spacial score (nSPS) is 6.75. The van der Waals surface area contributed by atoms with E-state index in [1.807, 2.05) is 0 Å². The molecule has 0 amide bonds. The molecule has 0 unspecified atom stereocenters. The average Bonchev–Trinajstić information content (AvgIpc) is 1.27. The van der Waals surface area contributed by atoms with Gasteiger partial charge in [-0.3, -0.25) is 10.1 Å². The Morgan fingerprint density at radius 1 is 1.62 bits per heavy atom. The van der Waals surface area contributed by atoms with Crippen molar-refractivity contribution in [3.05, 3.63) is 20.6 Å². The first-order valence-electron chi connectivity index (χ1n) is 1.36. The maximum Gasteiger partial charge on any atom is 1.00 e. The molecule has 0 radical (unpaired) electrons. The van der Waals surface area contributed by atoms with Gasteiger partial charge in [0.2, 0.25) is 0 Å². The predicted octanol–water partition coefficient (Wildman–Crippen LogP) is -2.07. The molecule has 0 aromatic rings. The third-order valence-corrected chi connectivity index (χ3v) is 0.452. The van der Waals surface area contributed by atoms with Crippen LogP contribution in [0.4, 0.5) is 0 Å². The van der Waals surface area contributed by atoms with Crippen LogP contribution in [0.25, 0.3) is 0 Å². The zero-order chi connectivity index (χ0) is 5.86. The van der Waals surface area contributed by atoms with Gasteiger partial charge >= 0.3 is 51.4 Å². The van der Waals surface area contributed by atoms with E-state index in [4.69, 9.17) is 0 Å². The van der Waals surface area contributed by atoms with Crippen LogP contribution in [0, 0.1) is 10.1 Å². The van der Waals surface area contributed by atoms with Crippen molar-refractivity contribution < 1.29 is 56.3 Å². The second-order valence-corrected chi connectivity index (χ2v) is 2.09. The number of nitrogens with zero attached hydrogens (tertiary/aromatic N) is 1. The third-order valence-electron chi connectivity index (χ3n) is 0.221. The summed E-state index contributed by atoms with van der Waals surface area (Å²) in [5.74, 6) is 0. The van der Waals surface area contributed by atoms with E-state index >= 15 is 0 Å². The van der Waals surface area contributed by atoms with Gasteiger partial charge in [0.25, 0.3) is 6.20 Å². The van der Waals surface area contributed by atoms with E-state index in [0.29, 0.717) is 6.20 Å². The summed E-state index contributed by atoms with van der Waals surface area (Å²) in [7, 11) is 0. The molecule has 0 saturated heterocycles. The summed E-state index contributed by atoms with van der Waals surface area (Å²) in [6.45, 7) is 0.